The van der Waals surface area contributed by atoms with E-state index in [0.717, 1.165) is 43.3 Å². The van der Waals surface area contributed by atoms with Crippen LogP contribution < -0.4 is 10.6 Å². The molecule has 0 spiro atoms. The quantitative estimate of drug-likeness (QED) is 0.480. The van der Waals surface area contributed by atoms with Gasteiger partial charge in [-0.2, -0.15) is 0 Å². The Morgan fingerprint density at radius 2 is 1.86 bits per heavy atom. The summed E-state index contributed by atoms with van der Waals surface area (Å²) >= 11 is 0. The van der Waals surface area contributed by atoms with Gasteiger partial charge in [0.2, 0.25) is 0 Å². The lowest BCUT2D eigenvalue weighted by molar-refractivity contribution is 0.368. The minimum Gasteiger partial charge on any atom is -0.359 e. The van der Waals surface area contributed by atoms with Gasteiger partial charge in [0.25, 0.3) is 0 Å². The van der Waals surface area contributed by atoms with Crippen molar-refractivity contribution in [1.29, 1.82) is 0 Å². The minimum atomic E-state index is 0.467. The van der Waals surface area contributed by atoms with E-state index in [1.807, 2.05) is 0 Å². The van der Waals surface area contributed by atoms with Crippen molar-refractivity contribution >= 4 is 5.96 Å². The molecule has 0 amide bonds. The first-order chi connectivity index (χ1) is 13.5. The fourth-order valence-electron chi connectivity index (χ4n) is 3.19. The van der Waals surface area contributed by atoms with Gasteiger partial charge in [-0.15, -0.1) is 0 Å². The second-order valence-corrected chi connectivity index (χ2v) is 7.34. The van der Waals surface area contributed by atoms with Crippen LogP contribution in [0.5, 0.6) is 0 Å². The summed E-state index contributed by atoms with van der Waals surface area (Å²) in [5, 5.41) is 10.9. The third-order valence-electron chi connectivity index (χ3n) is 4.67. The zero-order chi connectivity index (χ0) is 20.4. The number of rotatable bonds is 10. The molecule has 0 saturated heterocycles. The highest BCUT2D eigenvalue weighted by Gasteiger charge is 2.13. The molecule has 154 valence electrons. The summed E-state index contributed by atoms with van der Waals surface area (Å²) in [7, 11) is 4.16. The summed E-state index contributed by atoms with van der Waals surface area (Å²) in [6, 6.07) is 10.6. The molecule has 0 bridgehead atoms. The van der Waals surface area contributed by atoms with Crippen LogP contribution in [0.2, 0.25) is 0 Å². The van der Waals surface area contributed by atoms with Crippen molar-refractivity contribution in [2.24, 2.45) is 4.99 Å². The zero-order valence-corrected chi connectivity index (χ0v) is 18.0. The summed E-state index contributed by atoms with van der Waals surface area (Å²) in [5.41, 5.74) is 3.54. The third kappa shape index (κ3) is 7.00. The van der Waals surface area contributed by atoms with Crippen LogP contribution in [0.15, 0.2) is 39.8 Å². The van der Waals surface area contributed by atoms with Crippen molar-refractivity contribution in [2.45, 2.75) is 59.2 Å². The highest BCUT2D eigenvalue weighted by Crippen LogP contribution is 2.22. The van der Waals surface area contributed by atoms with Crippen LogP contribution in [0, 0.1) is 0 Å². The predicted molar refractivity (Wildman–Crippen MR) is 115 cm³/mol. The van der Waals surface area contributed by atoms with Crippen molar-refractivity contribution in [3.8, 4) is 0 Å². The molecule has 1 heterocycles. The second kappa shape index (κ2) is 11.5. The maximum Gasteiger partial charge on any atom is 0.191 e. The molecule has 0 unspecified atom stereocenters. The molecule has 28 heavy (non-hydrogen) atoms. The van der Waals surface area contributed by atoms with Crippen molar-refractivity contribution in [1.82, 2.24) is 20.7 Å². The van der Waals surface area contributed by atoms with E-state index in [1.54, 1.807) is 0 Å². The van der Waals surface area contributed by atoms with Crippen LogP contribution >= 0.6 is 0 Å². The van der Waals surface area contributed by atoms with E-state index >= 15 is 0 Å². The maximum absolute atomic E-state index is 5.49. The molecule has 0 saturated carbocycles. The lowest BCUT2D eigenvalue weighted by atomic mass is 9.99. The SMILES string of the molecule is CCNC(=NCc1cccc(CN(C)C)c1)NCc1cc(C(CC)CC)no1. The zero-order valence-electron chi connectivity index (χ0n) is 18.0. The lowest BCUT2D eigenvalue weighted by Gasteiger charge is -2.12. The van der Waals surface area contributed by atoms with Crippen molar-refractivity contribution in [3.05, 3.63) is 52.9 Å². The summed E-state index contributed by atoms with van der Waals surface area (Å²) in [6.07, 6.45) is 2.15. The summed E-state index contributed by atoms with van der Waals surface area (Å²) < 4.78 is 5.49. The van der Waals surface area contributed by atoms with Gasteiger partial charge in [-0.05, 0) is 45.0 Å². The topological polar surface area (TPSA) is 65.7 Å². The monoisotopic (exact) mass is 385 g/mol. The van der Waals surface area contributed by atoms with E-state index in [0.29, 0.717) is 19.0 Å². The molecular formula is C22H35N5O. The summed E-state index contributed by atoms with van der Waals surface area (Å²) in [6.45, 7) is 9.37. The first-order valence-corrected chi connectivity index (χ1v) is 10.3. The molecule has 2 rings (SSSR count). The molecule has 0 radical (unpaired) electrons. The fourth-order valence-corrected chi connectivity index (χ4v) is 3.19. The Morgan fingerprint density at radius 1 is 1.11 bits per heavy atom. The highest BCUT2D eigenvalue weighted by atomic mass is 16.5. The largest absolute Gasteiger partial charge is 0.359 e. The normalized spacial score (nSPS) is 12.0. The van der Waals surface area contributed by atoms with Gasteiger partial charge in [0.1, 0.15) is 0 Å². The number of guanidine groups is 1. The van der Waals surface area contributed by atoms with Crippen LogP contribution in [0.3, 0.4) is 0 Å². The van der Waals surface area contributed by atoms with Gasteiger partial charge in [0.15, 0.2) is 11.7 Å². The van der Waals surface area contributed by atoms with E-state index in [4.69, 9.17) is 9.52 Å². The molecule has 0 aliphatic heterocycles. The predicted octanol–water partition coefficient (Wildman–Crippen LogP) is 3.90. The molecule has 2 N–H and O–H groups in total. The van der Waals surface area contributed by atoms with Gasteiger partial charge >= 0.3 is 0 Å². The van der Waals surface area contributed by atoms with Gasteiger partial charge < -0.3 is 20.1 Å². The Kier molecular flexibility index (Phi) is 9.01. The van der Waals surface area contributed by atoms with E-state index in [-0.39, 0.29) is 0 Å². The Hall–Kier alpha value is -2.34. The van der Waals surface area contributed by atoms with Crippen LogP contribution in [0.4, 0.5) is 0 Å². The van der Waals surface area contributed by atoms with E-state index < -0.39 is 0 Å². The summed E-state index contributed by atoms with van der Waals surface area (Å²) in [5.74, 6) is 2.08. The Morgan fingerprint density at radius 3 is 2.54 bits per heavy atom. The van der Waals surface area contributed by atoms with Gasteiger partial charge in [0.05, 0.1) is 18.8 Å². The smallest absolute Gasteiger partial charge is 0.191 e. The second-order valence-electron chi connectivity index (χ2n) is 7.34. The molecular weight excluding hydrogens is 350 g/mol. The number of aromatic nitrogens is 1. The van der Waals surface area contributed by atoms with Crippen LogP contribution in [0.1, 0.15) is 62.1 Å². The first-order valence-electron chi connectivity index (χ1n) is 10.3. The Labute approximate surface area is 169 Å². The molecule has 1 aromatic carbocycles. The Balaban J connectivity index is 1.97. The van der Waals surface area contributed by atoms with Gasteiger partial charge in [0, 0.05) is 25.1 Å². The number of aliphatic imine (C=N–C) groups is 1. The lowest BCUT2D eigenvalue weighted by Crippen LogP contribution is -2.36. The summed E-state index contributed by atoms with van der Waals surface area (Å²) in [4.78, 5) is 6.88. The van der Waals surface area contributed by atoms with Crippen LogP contribution in [-0.2, 0) is 19.6 Å². The number of hydrogen-bond acceptors (Lipinski definition) is 4. The molecule has 2 aromatic rings. The van der Waals surface area contributed by atoms with E-state index in [9.17, 15) is 0 Å². The molecule has 0 aliphatic carbocycles. The molecule has 6 nitrogen and oxygen atoms in total. The number of nitrogens with one attached hydrogen (secondary N) is 2. The van der Waals surface area contributed by atoms with Crippen molar-refractivity contribution < 1.29 is 4.52 Å². The minimum absolute atomic E-state index is 0.467. The molecule has 0 fully saturated rings. The average Bonchev–Trinajstić information content (AvgIpc) is 3.13. The maximum atomic E-state index is 5.49. The fraction of sp³-hybridized carbons (Fsp3) is 0.545. The number of hydrogen-bond donors (Lipinski definition) is 2. The van der Waals surface area contributed by atoms with Crippen LogP contribution in [0.25, 0.3) is 0 Å². The number of benzene rings is 1. The Bertz CT molecular complexity index is 734. The average molecular weight is 386 g/mol. The van der Waals surface area contributed by atoms with Gasteiger partial charge in [-0.25, -0.2) is 4.99 Å². The standard InChI is InChI=1S/C22H35N5O/c1-6-19(7-2)21-13-20(28-26-21)15-25-22(23-8-3)24-14-17-10-9-11-18(12-17)16-27(4)5/h9-13,19H,6-8,14-16H2,1-5H3,(H2,23,24,25). The van der Waals surface area contributed by atoms with E-state index in [2.05, 4.69) is 85.9 Å². The van der Waals surface area contributed by atoms with Crippen molar-refractivity contribution in [2.75, 3.05) is 20.6 Å². The molecule has 1 aromatic heterocycles. The number of nitrogens with zero attached hydrogens (tertiary/aromatic N) is 3. The van der Waals surface area contributed by atoms with Gasteiger partial charge in [-0.3, -0.25) is 0 Å². The third-order valence-corrected chi connectivity index (χ3v) is 4.67. The van der Waals surface area contributed by atoms with Gasteiger partial charge in [-0.1, -0.05) is 43.3 Å². The molecule has 0 atom stereocenters. The first kappa shape index (κ1) is 22.0. The van der Waals surface area contributed by atoms with E-state index in [1.165, 1.54) is 11.1 Å². The molecule has 0 aliphatic rings. The highest BCUT2D eigenvalue weighted by molar-refractivity contribution is 5.79. The molecule has 6 heteroatoms. The van der Waals surface area contributed by atoms with Crippen LogP contribution in [-0.4, -0.2) is 36.7 Å². The van der Waals surface area contributed by atoms with Crippen molar-refractivity contribution in [3.63, 3.8) is 0 Å².